The first kappa shape index (κ1) is 10.6. The molecule has 1 heterocycles. The molecule has 82 valence electrons. The molecule has 1 aromatic carbocycles. The van der Waals surface area contributed by atoms with Crippen LogP contribution in [-0.2, 0) is 4.79 Å². The second kappa shape index (κ2) is 4.28. The second-order valence-electron chi connectivity index (χ2n) is 3.58. The summed E-state index contributed by atoms with van der Waals surface area (Å²) in [5.41, 5.74) is 8.00. The number of benzene rings is 1. The largest absolute Gasteiger partial charge is 0.324 e. The van der Waals surface area contributed by atoms with E-state index in [0.29, 0.717) is 0 Å². The summed E-state index contributed by atoms with van der Waals surface area (Å²) in [6, 6.07) is 7.58. The maximum atomic E-state index is 11.3. The van der Waals surface area contributed by atoms with Gasteiger partial charge in [0.25, 0.3) is 0 Å². The van der Waals surface area contributed by atoms with Crippen LogP contribution in [0.4, 0.5) is 5.69 Å². The Balaban J connectivity index is 2.54. The van der Waals surface area contributed by atoms with Gasteiger partial charge in [0.1, 0.15) is 0 Å². The van der Waals surface area contributed by atoms with Gasteiger partial charge in [0.2, 0.25) is 5.91 Å². The number of fused-ring (bicyclic) bond motifs is 1. The first-order valence-corrected chi connectivity index (χ1v) is 5.06. The molecule has 0 spiro atoms. The van der Waals surface area contributed by atoms with Crippen molar-refractivity contribution >= 4 is 22.5 Å². The molecule has 0 unspecified atom stereocenters. The highest BCUT2D eigenvalue weighted by molar-refractivity contribution is 6.02. The van der Waals surface area contributed by atoms with Crippen LogP contribution in [0.1, 0.15) is 5.56 Å². The number of nitrogens with zero attached hydrogens (tertiary/aromatic N) is 1. The summed E-state index contributed by atoms with van der Waals surface area (Å²) < 4.78 is 0. The molecule has 3 N–H and O–H groups in total. The molecule has 4 nitrogen and oxygen atoms in total. The third-order valence-electron chi connectivity index (χ3n) is 2.43. The first-order chi connectivity index (χ1) is 7.72. The van der Waals surface area contributed by atoms with Gasteiger partial charge in [-0.1, -0.05) is 6.07 Å². The molecule has 2 rings (SSSR count). The number of nitrogens with two attached hydrogens (primary N) is 1. The summed E-state index contributed by atoms with van der Waals surface area (Å²) in [5.74, 6) is -0.200. The van der Waals surface area contributed by atoms with Crippen LogP contribution in [-0.4, -0.2) is 17.4 Å². The lowest BCUT2D eigenvalue weighted by Gasteiger charge is -2.08. The topological polar surface area (TPSA) is 68.0 Å². The van der Waals surface area contributed by atoms with Gasteiger partial charge in [0.15, 0.2) is 0 Å². The molecule has 0 radical (unpaired) electrons. The minimum Gasteiger partial charge on any atom is -0.324 e. The molecule has 0 aliphatic rings. The fourth-order valence-electron chi connectivity index (χ4n) is 1.62. The van der Waals surface area contributed by atoms with Gasteiger partial charge in [0, 0.05) is 11.6 Å². The van der Waals surface area contributed by atoms with Gasteiger partial charge in [-0.2, -0.15) is 0 Å². The fraction of sp³-hybridized carbons (Fsp3) is 0.167. The SMILES string of the molecule is Cc1ccc(NC(=O)CN)c2cccnc12. The Morgan fingerprint density at radius 3 is 3.00 bits per heavy atom. The van der Waals surface area contributed by atoms with Gasteiger partial charge >= 0.3 is 0 Å². The number of pyridine rings is 1. The average molecular weight is 215 g/mol. The highest BCUT2D eigenvalue weighted by Gasteiger charge is 2.06. The maximum absolute atomic E-state index is 11.3. The molecule has 0 saturated carbocycles. The smallest absolute Gasteiger partial charge is 0.238 e. The number of anilines is 1. The molecular weight excluding hydrogens is 202 g/mol. The lowest BCUT2D eigenvalue weighted by atomic mass is 10.1. The number of aryl methyl sites for hydroxylation is 1. The van der Waals surface area contributed by atoms with E-state index in [4.69, 9.17) is 5.73 Å². The van der Waals surface area contributed by atoms with Crippen LogP contribution in [0.15, 0.2) is 30.5 Å². The van der Waals surface area contributed by atoms with Crippen LogP contribution in [0, 0.1) is 6.92 Å². The van der Waals surface area contributed by atoms with E-state index in [9.17, 15) is 4.79 Å². The van der Waals surface area contributed by atoms with Crippen molar-refractivity contribution in [1.29, 1.82) is 0 Å². The standard InChI is InChI=1S/C12H13N3O/c1-8-4-5-10(15-11(16)7-13)9-3-2-6-14-12(8)9/h2-6H,7,13H2,1H3,(H,15,16). The van der Waals surface area contributed by atoms with Crippen molar-refractivity contribution in [3.63, 3.8) is 0 Å². The van der Waals surface area contributed by atoms with E-state index >= 15 is 0 Å². The molecule has 16 heavy (non-hydrogen) atoms. The van der Waals surface area contributed by atoms with Crippen LogP contribution in [0.2, 0.25) is 0 Å². The quantitative estimate of drug-likeness (QED) is 0.796. The van der Waals surface area contributed by atoms with Crippen molar-refractivity contribution < 1.29 is 4.79 Å². The monoisotopic (exact) mass is 215 g/mol. The van der Waals surface area contributed by atoms with Crippen LogP contribution in [0.3, 0.4) is 0 Å². The van der Waals surface area contributed by atoms with Crippen LogP contribution in [0.25, 0.3) is 10.9 Å². The number of nitrogens with one attached hydrogen (secondary N) is 1. The molecule has 4 heteroatoms. The van der Waals surface area contributed by atoms with Gasteiger partial charge < -0.3 is 11.1 Å². The van der Waals surface area contributed by atoms with Gasteiger partial charge in [-0.3, -0.25) is 9.78 Å². The van der Waals surface area contributed by atoms with E-state index in [1.54, 1.807) is 6.20 Å². The zero-order chi connectivity index (χ0) is 11.5. The Kier molecular flexibility index (Phi) is 2.83. The van der Waals surface area contributed by atoms with Crippen molar-refractivity contribution in [2.75, 3.05) is 11.9 Å². The third-order valence-corrected chi connectivity index (χ3v) is 2.43. The number of rotatable bonds is 2. The normalized spacial score (nSPS) is 10.4. The summed E-state index contributed by atoms with van der Waals surface area (Å²) in [7, 11) is 0. The Morgan fingerprint density at radius 1 is 1.44 bits per heavy atom. The summed E-state index contributed by atoms with van der Waals surface area (Å²) >= 11 is 0. The number of carbonyl (C=O) groups is 1. The molecule has 0 aliphatic carbocycles. The maximum Gasteiger partial charge on any atom is 0.238 e. The second-order valence-corrected chi connectivity index (χ2v) is 3.58. The van der Waals surface area contributed by atoms with Crippen molar-refractivity contribution in [2.24, 2.45) is 5.73 Å². The van der Waals surface area contributed by atoms with E-state index in [1.807, 2.05) is 31.2 Å². The minimum absolute atomic E-state index is 0.0182. The molecule has 2 aromatic rings. The number of aromatic nitrogens is 1. The number of carbonyl (C=O) groups excluding carboxylic acids is 1. The van der Waals surface area contributed by atoms with Gasteiger partial charge in [0.05, 0.1) is 17.7 Å². The third kappa shape index (κ3) is 1.87. The average Bonchev–Trinajstić information content (AvgIpc) is 2.33. The summed E-state index contributed by atoms with van der Waals surface area (Å²) in [6.07, 6.45) is 1.74. The molecule has 1 aromatic heterocycles. The zero-order valence-corrected chi connectivity index (χ0v) is 9.03. The highest BCUT2D eigenvalue weighted by Crippen LogP contribution is 2.24. The lowest BCUT2D eigenvalue weighted by molar-refractivity contribution is -0.114. The van der Waals surface area contributed by atoms with Crippen LogP contribution < -0.4 is 11.1 Å². The molecular formula is C12H13N3O. The van der Waals surface area contributed by atoms with Crippen molar-refractivity contribution in [3.8, 4) is 0 Å². The van der Waals surface area contributed by atoms with Crippen molar-refractivity contribution in [1.82, 2.24) is 4.98 Å². The van der Waals surface area contributed by atoms with E-state index in [1.165, 1.54) is 0 Å². The van der Waals surface area contributed by atoms with Gasteiger partial charge in [-0.05, 0) is 30.7 Å². The van der Waals surface area contributed by atoms with Crippen LogP contribution >= 0.6 is 0 Å². The predicted molar refractivity (Wildman–Crippen MR) is 64.2 cm³/mol. The summed E-state index contributed by atoms with van der Waals surface area (Å²) in [6.45, 7) is 1.97. The van der Waals surface area contributed by atoms with E-state index in [2.05, 4.69) is 10.3 Å². The molecule has 0 saturated heterocycles. The fourth-order valence-corrected chi connectivity index (χ4v) is 1.62. The van der Waals surface area contributed by atoms with Gasteiger partial charge in [-0.25, -0.2) is 0 Å². The molecule has 0 fully saturated rings. The first-order valence-electron chi connectivity index (χ1n) is 5.06. The lowest BCUT2D eigenvalue weighted by Crippen LogP contribution is -2.21. The molecule has 0 aliphatic heterocycles. The van der Waals surface area contributed by atoms with Crippen molar-refractivity contribution in [3.05, 3.63) is 36.0 Å². The Bertz CT molecular complexity index is 537. The van der Waals surface area contributed by atoms with E-state index < -0.39 is 0 Å². The zero-order valence-electron chi connectivity index (χ0n) is 9.03. The summed E-state index contributed by atoms with van der Waals surface area (Å²) in [5, 5.41) is 3.69. The number of amides is 1. The predicted octanol–water partition coefficient (Wildman–Crippen LogP) is 1.44. The van der Waals surface area contributed by atoms with Gasteiger partial charge in [-0.15, -0.1) is 0 Å². The molecule has 0 bridgehead atoms. The Morgan fingerprint density at radius 2 is 2.25 bits per heavy atom. The van der Waals surface area contributed by atoms with E-state index in [0.717, 1.165) is 22.2 Å². The van der Waals surface area contributed by atoms with Crippen LogP contribution in [0.5, 0.6) is 0 Å². The number of hydrogen-bond donors (Lipinski definition) is 2. The van der Waals surface area contributed by atoms with Crippen molar-refractivity contribution in [2.45, 2.75) is 6.92 Å². The molecule has 1 amide bonds. The highest BCUT2D eigenvalue weighted by atomic mass is 16.1. The van der Waals surface area contributed by atoms with E-state index in [-0.39, 0.29) is 12.5 Å². The Labute approximate surface area is 93.5 Å². The molecule has 0 atom stereocenters. The summed E-state index contributed by atoms with van der Waals surface area (Å²) in [4.78, 5) is 15.5. The minimum atomic E-state index is -0.200. The Hall–Kier alpha value is -1.94. The number of hydrogen-bond acceptors (Lipinski definition) is 3.